The molecule has 98 valence electrons. The molecule has 0 spiro atoms. The Hall–Kier alpha value is -1.06. The lowest BCUT2D eigenvalue weighted by Gasteiger charge is -2.24. The van der Waals surface area contributed by atoms with Crippen molar-refractivity contribution in [2.45, 2.75) is 38.1 Å². The van der Waals surface area contributed by atoms with Crippen molar-refractivity contribution in [2.75, 3.05) is 6.54 Å². The zero-order valence-electron chi connectivity index (χ0n) is 10.5. The maximum absolute atomic E-state index is 12.3. The van der Waals surface area contributed by atoms with E-state index in [0.29, 0.717) is 30.7 Å². The Morgan fingerprint density at radius 3 is 2.50 bits per heavy atom. The van der Waals surface area contributed by atoms with Crippen molar-refractivity contribution in [3.63, 3.8) is 0 Å². The summed E-state index contributed by atoms with van der Waals surface area (Å²) in [6.45, 7) is 0.611. The van der Waals surface area contributed by atoms with Gasteiger partial charge >= 0.3 is 0 Å². The van der Waals surface area contributed by atoms with Crippen molar-refractivity contribution in [3.8, 4) is 0 Å². The van der Waals surface area contributed by atoms with Gasteiger partial charge in [-0.15, -0.1) is 0 Å². The largest absolute Gasteiger partial charge is 0.354 e. The monoisotopic (exact) mass is 248 g/mol. The second-order valence-electron chi connectivity index (χ2n) is 6.56. The number of amides is 2. The second kappa shape index (κ2) is 3.72. The van der Waals surface area contributed by atoms with Crippen molar-refractivity contribution >= 4 is 11.8 Å². The summed E-state index contributed by atoms with van der Waals surface area (Å²) in [5.74, 6) is 3.81. The summed E-state index contributed by atoms with van der Waals surface area (Å²) < 4.78 is 0. The third-order valence-electron chi connectivity index (χ3n) is 5.65. The number of hydrogen-bond donors (Lipinski definition) is 2. The van der Waals surface area contributed by atoms with E-state index in [0.717, 1.165) is 18.3 Å². The van der Waals surface area contributed by atoms with Gasteiger partial charge in [-0.05, 0) is 49.4 Å². The first-order valence-corrected chi connectivity index (χ1v) is 7.31. The van der Waals surface area contributed by atoms with Gasteiger partial charge in [0.25, 0.3) is 0 Å². The van der Waals surface area contributed by atoms with Gasteiger partial charge < -0.3 is 10.6 Å². The van der Waals surface area contributed by atoms with Gasteiger partial charge in [0, 0.05) is 24.9 Å². The van der Waals surface area contributed by atoms with Gasteiger partial charge in [-0.3, -0.25) is 9.59 Å². The molecule has 0 aromatic carbocycles. The minimum atomic E-state index is 0.113. The minimum absolute atomic E-state index is 0.113. The highest BCUT2D eigenvalue weighted by atomic mass is 16.2. The summed E-state index contributed by atoms with van der Waals surface area (Å²) in [5, 5.41) is 5.97. The maximum Gasteiger partial charge on any atom is 0.223 e. The first-order chi connectivity index (χ1) is 8.74. The molecule has 5 unspecified atom stereocenters. The van der Waals surface area contributed by atoms with E-state index in [9.17, 15) is 9.59 Å². The fourth-order valence-corrected chi connectivity index (χ4v) is 4.83. The van der Waals surface area contributed by atoms with E-state index in [2.05, 4.69) is 10.6 Å². The zero-order valence-corrected chi connectivity index (χ0v) is 10.5. The van der Waals surface area contributed by atoms with E-state index in [1.807, 2.05) is 0 Å². The van der Waals surface area contributed by atoms with Crippen LogP contribution in [-0.4, -0.2) is 24.4 Å². The molecule has 2 N–H and O–H groups in total. The van der Waals surface area contributed by atoms with Crippen LogP contribution >= 0.6 is 0 Å². The summed E-state index contributed by atoms with van der Waals surface area (Å²) in [7, 11) is 0. The van der Waals surface area contributed by atoms with Gasteiger partial charge in [0.1, 0.15) is 0 Å². The molecule has 18 heavy (non-hydrogen) atoms. The zero-order chi connectivity index (χ0) is 12.3. The molecular weight excluding hydrogens is 228 g/mol. The van der Waals surface area contributed by atoms with Crippen LogP contribution in [0.5, 0.6) is 0 Å². The highest BCUT2D eigenvalue weighted by molar-refractivity contribution is 5.83. The van der Waals surface area contributed by atoms with E-state index < -0.39 is 0 Å². The van der Waals surface area contributed by atoms with Crippen LogP contribution in [0.3, 0.4) is 0 Å². The van der Waals surface area contributed by atoms with Crippen LogP contribution in [0.2, 0.25) is 0 Å². The van der Waals surface area contributed by atoms with Gasteiger partial charge in [-0.2, -0.15) is 0 Å². The van der Waals surface area contributed by atoms with Crippen molar-refractivity contribution < 1.29 is 9.59 Å². The molecule has 1 saturated heterocycles. The number of carbonyl (C=O) groups is 2. The van der Waals surface area contributed by atoms with E-state index in [4.69, 9.17) is 0 Å². The third kappa shape index (κ3) is 1.50. The first kappa shape index (κ1) is 10.8. The SMILES string of the molecule is O=C1CCC(NC(=O)C2C3C4CCC(C4)C23)CN1. The van der Waals surface area contributed by atoms with Gasteiger partial charge in [-0.25, -0.2) is 0 Å². The third-order valence-corrected chi connectivity index (χ3v) is 5.65. The molecule has 4 nitrogen and oxygen atoms in total. The minimum Gasteiger partial charge on any atom is -0.354 e. The fourth-order valence-electron chi connectivity index (χ4n) is 4.83. The molecule has 4 fully saturated rings. The Morgan fingerprint density at radius 1 is 1.17 bits per heavy atom. The van der Waals surface area contributed by atoms with Crippen LogP contribution in [0.15, 0.2) is 0 Å². The normalized spacial score (nSPS) is 48.6. The number of fused-ring (bicyclic) bond motifs is 5. The highest BCUT2D eigenvalue weighted by Gasteiger charge is 2.67. The average Bonchev–Trinajstić information content (AvgIpc) is 2.82. The van der Waals surface area contributed by atoms with Crippen LogP contribution in [0.25, 0.3) is 0 Å². The Balaban J connectivity index is 1.34. The Labute approximate surface area is 107 Å². The summed E-state index contributed by atoms with van der Waals surface area (Å²) in [4.78, 5) is 23.3. The summed E-state index contributed by atoms with van der Waals surface area (Å²) in [5.41, 5.74) is 0. The van der Waals surface area contributed by atoms with Crippen LogP contribution in [0, 0.1) is 29.6 Å². The molecule has 3 aliphatic carbocycles. The lowest BCUT2D eigenvalue weighted by molar-refractivity contribution is -0.126. The van der Waals surface area contributed by atoms with Crippen LogP contribution in [-0.2, 0) is 9.59 Å². The molecule has 4 aliphatic rings. The molecular formula is C14H20N2O2. The van der Waals surface area contributed by atoms with E-state index in [1.54, 1.807) is 0 Å². The molecule has 4 heteroatoms. The lowest BCUT2D eigenvalue weighted by atomic mass is 10.0. The first-order valence-electron chi connectivity index (χ1n) is 7.31. The van der Waals surface area contributed by atoms with Crippen molar-refractivity contribution in [1.29, 1.82) is 0 Å². The van der Waals surface area contributed by atoms with Crippen molar-refractivity contribution in [1.82, 2.24) is 10.6 Å². The molecule has 5 atom stereocenters. The van der Waals surface area contributed by atoms with Gasteiger partial charge in [0.2, 0.25) is 11.8 Å². The standard InChI is InChI=1S/C14H20N2O2/c17-10-4-3-9(6-15-10)16-14(18)13-11-7-1-2-8(5-7)12(11)13/h7-9,11-13H,1-6H2,(H,15,17)(H,16,18). The Morgan fingerprint density at radius 2 is 1.89 bits per heavy atom. The number of nitrogens with one attached hydrogen (secondary N) is 2. The predicted octanol–water partition coefficient (Wildman–Crippen LogP) is 0.673. The molecule has 4 rings (SSSR count). The van der Waals surface area contributed by atoms with Crippen LogP contribution < -0.4 is 10.6 Å². The molecule has 0 aromatic heterocycles. The topological polar surface area (TPSA) is 58.2 Å². The van der Waals surface area contributed by atoms with E-state index in [1.165, 1.54) is 19.3 Å². The smallest absolute Gasteiger partial charge is 0.223 e. The summed E-state index contributed by atoms with van der Waals surface area (Å²) in [6.07, 6.45) is 5.45. The van der Waals surface area contributed by atoms with E-state index in [-0.39, 0.29) is 17.9 Å². The second-order valence-corrected chi connectivity index (χ2v) is 6.56. The van der Waals surface area contributed by atoms with Gasteiger partial charge in [0.05, 0.1) is 0 Å². The highest BCUT2D eigenvalue weighted by Crippen LogP contribution is 2.69. The molecule has 2 bridgehead atoms. The summed E-state index contributed by atoms with van der Waals surface area (Å²) in [6, 6.07) is 0.161. The van der Waals surface area contributed by atoms with Crippen LogP contribution in [0.1, 0.15) is 32.1 Å². The number of carbonyl (C=O) groups excluding carboxylic acids is 2. The maximum atomic E-state index is 12.3. The molecule has 1 heterocycles. The van der Waals surface area contributed by atoms with Gasteiger partial charge in [0.15, 0.2) is 0 Å². The lowest BCUT2D eigenvalue weighted by Crippen LogP contribution is -2.48. The molecule has 3 saturated carbocycles. The number of piperidine rings is 1. The molecule has 2 amide bonds. The Bertz CT molecular complexity index is 383. The average molecular weight is 248 g/mol. The quantitative estimate of drug-likeness (QED) is 0.754. The fraction of sp³-hybridized carbons (Fsp3) is 0.857. The number of rotatable bonds is 2. The molecule has 0 aromatic rings. The van der Waals surface area contributed by atoms with Crippen LogP contribution in [0.4, 0.5) is 0 Å². The van der Waals surface area contributed by atoms with Crippen molar-refractivity contribution in [2.24, 2.45) is 29.6 Å². The van der Waals surface area contributed by atoms with Gasteiger partial charge in [-0.1, -0.05) is 0 Å². The summed E-state index contributed by atoms with van der Waals surface area (Å²) >= 11 is 0. The van der Waals surface area contributed by atoms with Crippen molar-refractivity contribution in [3.05, 3.63) is 0 Å². The van der Waals surface area contributed by atoms with E-state index >= 15 is 0 Å². The predicted molar refractivity (Wildman–Crippen MR) is 65.5 cm³/mol. The molecule has 0 radical (unpaired) electrons. The molecule has 1 aliphatic heterocycles. The number of hydrogen-bond acceptors (Lipinski definition) is 2. The Kier molecular flexibility index (Phi) is 2.24.